The molecular formula is C27H16N8O2. The molecule has 0 saturated heterocycles. The van der Waals surface area contributed by atoms with Gasteiger partial charge in [-0.3, -0.25) is 9.13 Å². The first-order valence-electron chi connectivity index (χ1n) is 11.3. The van der Waals surface area contributed by atoms with Crippen molar-refractivity contribution in [3.05, 3.63) is 83.9 Å². The maximum Gasteiger partial charge on any atom is 0.335 e. The second-order valence-electron chi connectivity index (χ2n) is 8.25. The Morgan fingerprint density at radius 2 is 1.22 bits per heavy atom. The minimum absolute atomic E-state index is 0.0126. The molecule has 0 fully saturated rings. The van der Waals surface area contributed by atoms with Gasteiger partial charge in [-0.25, -0.2) is 24.7 Å². The van der Waals surface area contributed by atoms with Gasteiger partial charge < -0.3 is 5.11 Å². The maximum atomic E-state index is 11.6. The molecule has 37 heavy (non-hydrogen) atoms. The number of nitrogens with zero attached hydrogens (tertiary/aromatic N) is 8. The van der Waals surface area contributed by atoms with Crippen molar-refractivity contribution in [1.29, 1.82) is 10.5 Å². The van der Waals surface area contributed by atoms with Crippen LogP contribution in [0.1, 0.15) is 22.0 Å². The predicted molar refractivity (Wildman–Crippen MR) is 134 cm³/mol. The van der Waals surface area contributed by atoms with Crippen LogP contribution in [0.2, 0.25) is 0 Å². The van der Waals surface area contributed by atoms with Crippen LogP contribution in [-0.2, 0) is 12.8 Å². The van der Waals surface area contributed by atoms with Crippen LogP contribution in [0.4, 0.5) is 0 Å². The molecule has 0 aliphatic heterocycles. The summed E-state index contributed by atoms with van der Waals surface area (Å²) in [5, 5.41) is 28.6. The number of carbonyl (C=O) groups is 1. The number of rotatable bonds is 5. The Balaban J connectivity index is 1.78. The lowest BCUT2D eigenvalue weighted by atomic mass is 10.2. The number of hydrogen-bond donors (Lipinski definition) is 1. The number of hydrogen-bond acceptors (Lipinski definition) is 7. The number of carboxylic acids is 1. The number of imidazole rings is 2. The zero-order valence-electron chi connectivity index (χ0n) is 19.2. The number of aromatic nitrogens is 6. The summed E-state index contributed by atoms with van der Waals surface area (Å²) in [4.78, 5) is 30.7. The first-order chi connectivity index (χ1) is 18.1. The molecule has 0 amide bonds. The molecular weight excluding hydrogens is 468 g/mol. The molecule has 0 atom stereocenters. The molecule has 176 valence electrons. The Morgan fingerprint density at radius 1 is 0.703 bits per heavy atom. The predicted octanol–water partition coefficient (Wildman–Crippen LogP) is 4.14. The van der Waals surface area contributed by atoms with E-state index in [4.69, 9.17) is 9.97 Å². The fraction of sp³-hybridized carbons (Fsp3) is 0.0741. The van der Waals surface area contributed by atoms with Gasteiger partial charge in [-0.2, -0.15) is 10.5 Å². The first kappa shape index (κ1) is 21.9. The summed E-state index contributed by atoms with van der Waals surface area (Å²) in [6, 6.07) is 23.8. The van der Waals surface area contributed by atoms with Crippen molar-refractivity contribution in [2.75, 3.05) is 0 Å². The summed E-state index contributed by atoms with van der Waals surface area (Å²) in [7, 11) is 0. The van der Waals surface area contributed by atoms with Crippen LogP contribution in [-0.4, -0.2) is 40.1 Å². The molecule has 3 heterocycles. The molecule has 10 heteroatoms. The average Bonchev–Trinajstić information content (AvgIpc) is 3.45. The van der Waals surface area contributed by atoms with Gasteiger partial charge >= 0.3 is 5.97 Å². The Hall–Kier alpha value is -5.61. The normalized spacial score (nSPS) is 11.1. The number of nitriles is 2. The van der Waals surface area contributed by atoms with Gasteiger partial charge in [0.2, 0.25) is 0 Å². The molecule has 3 aromatic carbocycles. The smallest absolute Gasteiger partial charge is 0.335 e. The lowest BCUT2D eigenvalue weighted by Crippen LogP contribution is -2.13. The summed E-state index contributed by atoms with van der Waals surface area (Å²) in [5.74, 6) is 0.587. The van der Waals surface area contributed by atoms with E-state index < -0.39 is 5.97 Å². The van der Waals surface area contributed by atoms with E-state index in [1.165, 1.54) is 12.1 Å². The van der Waals surface area contributed by atoms with Crippen molar-refractivity contribution in [1.82, 2.24) is 29.1 Å². The highest BCUT2D eigenvalue weighted by Gasteiger charge is 2.23. The van der Waals surface area contributed by atoms with Crippen LogP contribution in [0.3, 0.4) is 0 Å². The molecule has 1 N–H and O–H groups in total. The van der Waals surface area contributed by atoms with Gasteiger partial charge in [0.05, 0.1) is 63.6 Å². The van der Waals surface area contributed by atoms with E-state index >= 15 is 0 Å². The third-order valence-electron chi connectivity index (χ3n) is 6.03. The summed E-state index contributed by atoms with van der Waals surface area (Å²) in [5.41, 5.74) is 3.72. The van der Waals surface area contributed by atoms with Crippen LogP contribution in [0.15, 0.2) is 66.7 Å². The van der Waals surface area contributed by atoms with Crippen molar-refractivity contribution in [2.45, 2.75) is 12.8 Å². The van der Waals surface area contributed by atoms with Crippen molar-refractivity contribution in [3.63, 3.8) is 0 Å². The average molecular weight is 484 g/mol. The quantitative estimate of drug-likeness (QED) is 0.384. The van der Waals surface area contributed by atoms with E-state index in [1.807, 2.05) is 48.5 Å². The van der Waals surface area contributed by atoms with E-state index in [0.717, 1.165) is 5.52 Å². The van der Waals surface area contributed by atoms with Crippen LogP contribution in [0, 0.1) is 22.7 Å². The summed E-state index contributed by atoms with van der Waals surface area (Å²) in [6.45, 7) is 0. The van der Waals surface area contributed by atoms with Gasteiger partial charge in [0.15, 0.2) is 11.6 Å². The highest BCUT2D eigenvalue weighted by atomic mass is 16.4. The second kappa shape index (κ2) is 8.56. The molecule has 0 aliphatic rings. The fourth-order valence-electron chi connectivity index (χ4n) is 4.47. The third kappa shape index (κ3) is 3.52. The van der Waals surface area contributed by atoms with Gasteiger partial charge in [0.25, 0.3) is 0 Å². The van der Waals surface area contributed by atoms with Gasteiger partial charge in [-0.1, -0.05) is 24.3 Å². The Bertz CT molecular complexity index is 1960. The molecule has 3 aromatic heterocycles. The van der Waals surface area contributed by atoms with Crippen molar-refractivity contribution in [2.24, 2.45) is 0 Å². The van der Waals surface area contributed by atoms with Crippen molar-refractivity contribution < 1.29 is 9.90 Å². The zero-order chi connectivity index (χ0) is 25.5. The van der Waals surface area contributed by atoms with Crippen LogP contribution in [0.25, 0.3) is 44.7 Å². The van der Waals surface area contributed by atoms with Crippen LogP contribution < -0.4 is 0 Å². The monoisotopic (exact) mass is 484 g/mol. The molecule has 0 aliphatic carbocycles. The first-order valence-corrected chi connectivity index (χ1v) is 11.3. The van der Waals surface area contributed by atoms with E-state index in [0.29, 0.717) is 50.9 Å². The minimum atomic E-state index is -1.08. The number of benzene rings is 3. The summed E-state index contributed by atoms with van der Waals surface area (Å²) < 4.78 is 3.55. The number of para-hydroxylation sites is 4. The Kier molecular flexibility index (Phi) is 5.06. The number of carboxylic acid groups (broad SMARTS) is 1. The second-order valence-corrected chi connectivity index (χ2v) is 8.25. The molecule has 6 rings (SSSR count). The number of fused-ring (bicyclic) bond motifs is 3. The lowest BCUT2D eigenvalue weighted by molar-refractivity contribution is 0.0697. The lowest BCUT2D eigenvalue weighted by Gasteiger charge is -2.16. The zero-order valence-corrected chi connectivity index (χ0v) is 19.2. The standard InChI is InChI=1S/C27H16N8O2/c28-13-11-23-30-18-5-1-3-7-21(18)34(23)25-26(33-20-15-16(27(36)37)9-10-17(20)32-25)35-22-8-4-2-6-19(22)31-24(35)12-14-29/h1-10,15H,11-12H2,(H,36,37). The molecule has 0 spiro atoms. The molecule has 0 bridgehead atoms. The summed E-state index contributed by atoms with van der Waals surface area (Å²) >= 11 is 0. The summed E-state index contributed by atoms with van der Waals surface area (Å²) in [6.07, 6.45) is 0.0419. The molecule has 0 radical (unpaired) electrons. The topological polar surface area (TPSA) is 146 Å². The number of aromatic carboxylic acids is 1. The third-order valence-corrected chi connectivity index (χ3v) is 6.03. The molecule has 0 saturated carbocycles. The fourth-order valence-corrected chi connectivity index (χ4v) is 4.47. The van der Waals surface area contributed by atoms with E-state index in [2.05, 4.69) is 22.1 Å². The van der Waals surface area contributed by atoms with E-state index in [9.17, 15) is 20.4 Å². The minimum Gasteiger partial charge on any atom is -0.478 e. The van der Waals surface area contributed by atoms with E-state index in [1.54, 1.807) is 15.2 Å². The SMILES string of the molecule is N#CCc1nc2ccccc2n1-c1nc2ccc(C(=O)O)cc2nc1-n1c(CC#N)nc2ccccc21. The van der Waals surface area contributed by atoms with Gasteiger partial charge in [0, 0.05) is 0 Å². The van der Waals surface area contributed by atoms with Crippen LogP contribution in [0.5, 0.6) is 0 Å². The largest absolute Gasteiger partial charge is 0.478 e. The Labute approximate surface area is 209 Å². The molecule has 0 unspecified atom stereocenters. The van der Waals surface area contributed by atoms with Crippen molar-refractivity contribution in [3.8, 4) is 23.8 Å². The highest BCUT2D eigenvalue weighted by molar-refractivity contribution is 5.93. The highest BCUT2D eigenvalue weighted by Crippen LogP contribution is 2.30. The maximum absolute atomic E-state index is 11.6. The van der Waals surface area contributed by atoms with E-state index in [-0.39, 0.29) is 18.4 Å². The Morgan fingerprint density at radius 3 is 1.73 bits per heavy atom. The van der Waals surface area contributed by atoms with Crippen molar-refractivity contribution >= 4 is 39.1 Å². The van der Waals surface area contributed by atoms with Gasteiger partial charge in [-0.15, -0.1) is 0 Å². The van der Waals surface area contributed by atoms with Crippen LogP contribution >= 0.6 is 0 Å². The molecule has 10 nitrogen and oxygen atoms in total. The molecule has 6 aromatic rings. The van der Waals surface area contributed by atoms with Gasteiger partial charge in [0.1, 0.15) is 11.6 Å². The van der Waals surface area contributed by atoms with Gasteiger partial charge in [-0.05, 0) is 42.5 Å².